The van der Waals surface area contributed by atoms with Crippen LogP contribution in [0.5, 0.6) is 11.5 Å². The quantitative estimate of drug-likeness (QED) is 0.841. The lowest BCUT2D eigenvalue weighted by Gasteiger charge is -2.24. The van der Waals surface area contributed by atoms with Crippen molar-refractivity contribution in [1.29, 1.82) is 0 Å². The smallest absolute Gasteiger partial charge is 0.237 e. The highest BCUT2D eigenvalue weighted by Crippen LogP contribution is 2.33. The summed E-state index contributed by atoms with van der Waals surface area (Å²) in [5.41, 5.74) is 1.01. The van der Waals surface area contributed by atoms with Gasteiger partial charge in [-0.15, -0.1) is 0 Å². The van der Waals surface area contributed by atoms with E-state index < -0.39 is 0 Å². The maximum Gasteiger partial charge on any atom is 0.237 e. The van der Waals surface area contributed by atoms with Gasteiger partial charge in [-0.3, -0.25) is 4.79 Å². The zero-order valence-corrected chi connectivity index (χ0v) is 14.6. The van der Waals surface area contributed by atoms with Gasteiger partial charge >= 0.3 is 0 Å². The molecular weight excluding hydrogens is 304 g/mol. The normalized spacial score (nSPS) is 25.8. The van der Waals surface area contributed by atoms with Crippen molar-refractivity contribution in [2.24, 2.45) is 5.92 Å². The molecule has 1 aromatic rings. The molecule has 1 aromatic carbocycles. The average Bonchev–Trinajstić information content (AvgIpc) is 3.05. The number of ether oxygens (including phenoxy) is 2. The van der Waals surface area contributed by atoms with Gasteiger partial charge in [0, 0.05) is 12.6 Å². The Labute approximate surface area is 144 Å². The lowest BCUT2D eigenvalue weighted by atomic mass is 9.85. The molecule has 1 heterocycles. The molecule has 132 valence electrons. The molecular formula is C19H28N2O3. The van der Waals surface area contributed by atoms with Crippen LogP contribution in [0.25, 0.3) is 0 Å². The molecule has 0 radical (unpaired) electrons. The van der Waals surface area contributed by atoms with Crippen molar-refractivity contribution in [1.82, 2.24) is 10.6 Å². The molecule has 3 rings (SSSR count). The fourth-order valence-corrected chi connectivity index (χ4v) is 3.93. The summed E-state index contributed by atoms with van der Waals surface area (Å²) < 4.78 is 10.9. The van der Waals surface area contributed by atoms with Crippen LogP contribution in [0.4, 0.5) is 0 Å². The van der Waals surface area contributed by atoms with E-state index in [9.17, 15) is 4.79 Å². The predicted molar refractivity (Wildman–Crippen MR) is 93.3 cm³/mol. The van der Waals surface area contributed by atoms with E-state index in [1.165, 1.54) is 25.7 Å². The number of hydrogen-bond acceptors (Lipinski definition) is 4. The highest BCUT2D eigenvalue weighted by atomic mass is 16.5. The van der Waals surface area contributed by atoms with Crippen molar-refractivity contribution >= 4 is 5.91 Å². The van der Waals surface area contributed by atoms with Gasteiger partial charge in [-0.1, -0.05) is 18.9 Å². The molecule has 0 bridgehead atoms. The Morgan fingerprint density at radius 2 is 2.12 bits per heavy atom. The van der Waals surface area contributed by atoms with Gasteiger partial charge in [-0.25, -0.2) is 0 Å². The van der Waals surface area contributed by atoms with Crippen LogP contribution in [0.15, 0.2) is 18.2 Å². The van der Waals surface area contributed by atoms with Crippen molar-refractivity contribution in [3.8, 4) is 11.5 Å². The lowest BCUT2D eigenvalue weighted by Crippen LogP contribution is -2.42. The zero-order chi connectivity index (χ0) is 16.9. The molecule has 3 atom stereocenters. The molecule has 1 aliphatic carbocycles. The maximum absolute atomic E-state index is 12.5. The molecule has 2 fully saturated rings. The van der Waals surface area contributed by atoms with Gasteiger partial charge in [0.25, 0.3) is 0 Å². The van der Waals surface area contributed by atoms with Gasteiger partial charge in [0.2, 0.25) is 5.91 Å². The van der Waals surface area contributed by atoms with Crippen LogP contribution in [0.1, 0.15) is 44.6 Å². The largest absolute Gasteiger partial charge is 0.493 e. The number of fused-ring (bicyclic) bond motifs is 1. The number of nitrogens with one attached hydrogen (secondary N) is 2. The summed E-state index contributed by atoms with van der Waals surface area (Å²) in [6.07, 6.45) is 6.04. The second-order valence-electron chi connectivity index (χ2n) is 6.74. The Balaban J connectivity index is 1.54. The molecule has 5 nitrogen and oxygen atoms in total. The Kier molecular flexibility index (Phi) is 5.61. The molecule has 2 aliphatic rings. The molecule has 2 N–H and O–H groups in total. The molecule has 3 unspecified atom stereocenters. The van der Waals surface area contributed by atoms with Crippen molar-refractivity contribution in [2.75, 3.05) is 13.7 Å². The minimum absolute atomic E-state index is 0.0392. The number of carbonyl (C=O) groups is 1. The van der Waals surface area contributed by atoms with Crippen LogP contribution < -0.4 is 20.1 Å². The van der Waals surface area contributed by atoms with Gasteiger partial charge in [0.05, 0.1) is 19.8 Å². The minimum Gasteiger partial charge on any atom is -0.493 e. The SMILES string of the molecule is CCOc1ccc(CNC(=O)C2CC3CCCCC3N2)cc1OC. The van der Waals surface area contributed by atoms with E-state index in [0.717, 1.165) is 17.7 Å². The van der Waals surface area contributed by atoms with Crippen LogP contribution >= 0.6 is 0 Å². The standard InChI is InChI=1S/C19H28N2O3/c1-3-24-17-9-8-13(10-18(17)23-2)12-20-19(22)16-11-14-6-4-5-7-15(14)21-16/h8-10,14-16,21H,3-7,11-12H2,1-2H3,(H,20,22). The summed E-state index contributed by atoms with van der Waals surface area (Å²) in [6, 6.07) is 6.29. The fourth-order valence-electron chi connectivity index (χ4n) is 3.93. The molecule has 5 heteroatoms. The first-order chi connectivity index (χ1) is 11.7. The number of amides is 1. The van der Waals surface area contributed by atoms with Crippen LogP contribution in [-0.2, 0) is 11.3 Å². The summed E-state index contributed by atoms with van der Waals surface area (Å²) in [4.78, 5) is 12.5. The third-order valence-electron chi connectivity index (χ3n) is 5.17. The fraction of sp³-hybridized carbons (Fsp3) is 0.632. The van der Waals surface area contributed by atoms with E-state index in [4.69, 9.17) is 9.47 Å². The number of rotatable bonds is 6. The zero-order valence-electron chi connectivity index (χ0n) is 14.6. The monoisotopic (exact) mass is 332 g/mol. The Hall–Kier alpha value is -1.75. The van der Waals surface area contributed by atoms with E-state index in [1.807, 2.05) is 25.1 Å². The van der Waals surface area contributed by atoms with E-state index in [1.54, 1.807) is 7.11 Å². The van der Waals surface area contributed by atoms with E-state index in [0.29, 0.717) is 30.9 Å². The summed E-state index contributed by atoms with van der Waals surface area (Å²) in [5.74, 6) is 2.22. The van der Waals surface area contributed by atoms with Gasteiger partial charge in [-0.2, -0.15) is 0 Å². The van der Waals surface area contributed by atoms with E-state index in [-0.39, 0.29) is 11.9 Å². The molecule has 1 amide bonds. The maximum atomic E-state index is 12.5. The number of carbonyl (C=O) groups excluding carboxylic acids is 1. The second-order valence-corrected chi connectivity index (χ2v) is 6.74. The summed E-state index contributed by atoms with van der Waals surface area (Å²) in [7, 11) is 1.63. The number of benzene rings is 1. The second kappa shape index (κ2) is 7.88. The van der Waals surface area contributed by atoms with Crippen LogP contribution in [-0.4, -0.2) is 31.7 Å². The van der Waals surface area contributed by atoms with Crippen molar-refractivity contribution in [2.45, 2.75) is 57.7 Å². The highest BCUT2D eigenvalue weighted by molar-refractivity contribution is 5.82. The number of methoxy groups -OCH3 is 1. The minimum atomic E-state index is -0.0392. The summed E-state index contributed by atoms with van der Waals surface area (Å²) in [6.45, 7) is 3.05. The Bertz CT molecular complexity index is 562. The first-order valence-corrected chi connectivity index (χ1v) is 9.04. The van der Waals surface area contributed by atoms with E-state index in [2.05, 4.69) is 10.6 Å². The third kappa shape index (κ3) is 3.83. The van der Waals surface area contributed by atoms with Crippen LogP contribution in [0.2, 0.25) is 0 Å². The average molecular weight is 332 g/mol. The van der Waals surface area contributed by atoms with Crippen molar-refractivity contribution in [3.05, 3.63) is 23.8 Å². The van der Waals surface area contributed by atoms with Crippen LogP contribution in [0, 0.1) is 5.92 Å². The first kappa shape index (κ1) is 17.1. The Morgan fingerprint density at radius 1 is 1.29 bits per heavy atom. The van der Waals surface area contributed by atoms with E-state index >= 15 is 0 Å². The topological polar surface area (TPSA) is 59.6 Å². The van der Waals surface area contributed by atoms with Gasteiger partial charge in [0.15, 0.2) is 11.5 Å². The summed E-state index contributed by atoms with van der Waals surface area (Å²) >= 11 is 0. The molecule has 24 heavy (non-hydrogen) atoms. The van der Waals surface area contributed by atoms with Crippen LogP contribution in [0.3, 0.4) is 0 Å². The molecule has 0 spiro atoms. The van der Waals surface area contributed by atoms with Crippen molar-refractivity contribution < 1.29 is 14.3 Å². The number of hydrogen-bond donors (Lipinski definition) is 2. The Morgan fingerprint density at radius 3 is 2.88 bits per heavy atom. The van der Waals surface area contributed by atoms with Gasteiger partial charge < -0.3 is 20.1 Å². The lowest BCUT2D eigenvalue weighted by molar-refractivity contribution is -0.123. The summed E-state index contributed by atoms with van der Waals surface area (Å²) in [5, 5.41) is 6.58. The molecule has 1 saturated carbocycles. The van der Waals surface area contributed by atoms with Gasteiger partial charge in [-0.05, 0) is 49.8 Å². The molecule has 1 aliphatic heterocycles. The third-order valence-corrected chi connectivity index (χ3v) is 5.17. The van der Waals surface area contributed by atoms with Crippen molar-refractivity contribution in [3.63, 3.8) is 0 Å². The first-order valence-electron chi connectivity index (χ1n) is 9.04. The van der Waals surface area contributed by atoms with Gasteiger partial charge in [0.1, 0.15) is 0 Å². The predicted octanol–water partition coefficient (Wildman–Crippen LogP) is 2.63. The highest BCUT2D eigenvalue weighted by Gasteiger charge is 2.37. The molecule has 0 aromatic heterocycles. The molecule has 1 saturated heterocycles.